The average Bonchev–Trinajstić information content (AvgIpc) is 3.17. The Morgan fingerprint density at radius 2 is 1.58 bits per heavy atom. The van der Waals surface area contributed by atoms with E-state index in [1.807, 2.05) is 4.90 Å². The van der Waals surface area contributed by atoms with Crippen molar-refractivity contribution >= 4 is 11.7 Å². The number of likely N-dealkylation sites (tertiary alicyclic amines) is 1. The molecule has 0 aromatic heterocycles. The van der Waals surface area contributed by atoms with E-state index < -0.39 is 0 Å². The molecule has 1 heterocycles. The van der Waals surface area contributed by atoms with Crippen molar-refractivity contribution in [3.8, 4) is 5.75 Å². The second-order valence-electron chi connectivity index (χ2n) is 6.98. The minimum absolute atomic E-state index is 0.0358. The Morgan fingerprint density at radius 1 is 0.958 bits per heavy atom. The van der Waals surface area contributed by atoms with Gasteiger partial charge in [-0.25, -0.2) is 4.79 Å². The van der Waals surface area contributed by atoms with Gasteiger partial charge in [0.05, 0.1) is 0 Å². The number of carbonyl (C=O) groups is 1. The van der Waals surface area contributed by atoms with Crippen LogP contribution >= 0.6 is 0 Å². The molecular weight excluding hydrogens is 300 g/mol. The maximum absolute atomic E-state index is 12.4. The van der Waals surface area contributed by atoms with Gasteiger partial charge in [0, 0.05) is 18.8 Å². The molecule has 24 heavy (non-hydrogen) atoms. The molecule has 4 heteroatoms. The molecule has 2 aliphatic rings. The maximum atomic E-state index is 12.4. The van der Waals surface area contributed by atoms with Crippen LogP contribution in [0.4, 0.5) is 10.5 Å². The third-order valence-electron chi connectivity index (χ3n) is 5.43. The monoisotopic (exact) mass is 322 g/mol. The van der Waals surface area contributed by atoms with Crippen LogP contribution in [-0.4, -0.2) is 29.1 Å². The summed E-state index contributed by atoms with van der Waals surface area (Å²) in [5.41, 5.74) is 2.16. The lowest BCUT2D eigenvalue weighted by Gasteiger charge is -2.20. The number of carbonyl (C=O) groups excluding carboxylic acids is 1. The molecule has 1 aliphatic heterocycles. The lowest BCUT2D eigenvalue weighted by atomic mass is 9.96. The van der Waals surface area contributed by atoms with Crippen LogP contribution in [0.15, 0.2) is 54.6 Å². The summed E-state index contributed by atoms with van der Waals surface area (Å²) in [6.07, 6.45) is 2.36. The van der Waals surface area contributed by atoms with Crippen LogP contribution in [0.3, 0.4) is 0 Å². The van der Waals surface area contributed by atoms with Gasteiger partial charge in [0.2, 0.25) is 0 Å². The van der Waals surface area contributed by atoms with Gasteiger partial charge in [0.25, 0.3) is 0 Å². The Kier molecular flexibility index (Phi) is 3.89. The molecule has 0 bridgehead atoms. The van der Waals surface area contributed by atoms with E-state index in [9.17, 15) is 9.90 Å². The summed E-state index contributed by atoms with van der Waals surface area (Å²) in [6.45, 7) is 1.69. The summed E-state index contributed by atoms with van der Waals surface area (Å²) in [6, 6.07) is 17.3. The molecule has 2 N–H and O–H groups in total. The van der Waals surface area contributed by atoms with Crippen molar-refractivity contribution in [3.05, 3.63) is 60.2 Å². The van der Waals surface area contributed by atoms with Crippen LogP contribution in [0.5, 0.6) is 5.75 Å². The molecule has 2 aromatic carbocycles. The number of anilines is 1. The third-order valence-corrected chi connectivity index (χ3v) is 5.43. The summed E-state index contributed by atoms with van der Waals surface area (Å²) in [5, 5.41) is 12.2. The van der Waals surface area contributed by atoms with Gasteiger partial charge in [-0.15, -0.1) is 0 Å². The molecule has 4 rings (SSSR count). The first kappa shape index (κ1) is 15.1. The second-order valence-corrected chi connectivity index (χ2v) is 6.98. The summed E-state index contributed by atoms with van der Waals surface area (Å²) < 4.78 is 0. The molecule has 4 nitrogen and oxygen atoms in total. The highest BCUT2D eigenvalue weighted by atomic mass is 16.3. The van der Waals surface area contributed by atoms with Crippen molar-refractivity contribution < 1.29 is 9.90 Å². The van der Waals surface area contributed by atoms with Gasteiger partial charge in [-0.2, -0.15) is 0 Å². The smallest absolute Gasteiger partial charge is 0.321 e. The fourth-order valence-electron chi connectivity index (χ4n) is 4.21. The number of nitrogens with zero attached hydrogens (tertiary/aromatic N) is 1. The van der Waals surface area contributed by atoms with Crippen LogP contribution in [0, 0.1) is 11.8 Å². The number of phenols is 1. The number of rotatable bonds is 2. The largest absolute Gasteiger partial charge is 0.508 e. The van der Waals surface area contributed by atoms with Crippen molar-refractivity contribution in [1.82, 2.24) is 4.90 Å². The first-order valence-corrected chi connectivity index (χ1v) is 8.59. The van der Waals surface area contributed by atoms with Crippen molar-refractivity contribution in [1.29, 1.82) is 0 Å². The van der Waals surface area contributed by atoms with Crippen molar-refractivity contribution in [2.45, 2.75) is 18.8 Å². The minimum Gasteiger partial charge on any atom is -0.508 e. The minimum atomic E-state index is -0.0358. The summed E-state index contributed by atoms with van der Waals surface area (Å²) in [5.74, 6) is 2.07. The molecule has 1 aliphatic carbocycles. The van der Waals surface area contributed by atoms with Gasteiger partial charge in [-0.3, -0.25) is 0 Å². The highest BCUT2D eigenvalue weighted by molar-refractivity contribution is 5.89. The van der Waals surface area contributed by atoms with E-state index in [1.54, 1.807) is 24.3 Å². The molecule has 0 radical (unpaired) electrons. The zero-order chi connectivity index (χ0) is 16.5. The van der Waals surface area contributed by atoms with Crippen LogP contribution in [0.2, 0.25) is 0 Å². The Labute approximate surface area is 142 Å². The number of hydrogen-bond acceptors (Lipinski definition) is 2. The molecule has 3 atom stereocenters. The van der Waals surface area contributed by atoms with E-state index in [0.29, 0.717) is 17.8 Å². The normalized spacial score (nSPS) is 25.5. The molecular formula is C20H22N2O2. The van der Waals surface area contributed by atoms with E-state index in [4.69, 9.17) is 0 Å². The lowest BCUT2D eigenvalue weighted by molar-refractivity contribution is 0.218. The number of urea groups is 1. The van der Waals surface area contributed by atoms with Crippen LogP contribution in [0.25, 0.3) is 0 Å². The summed E-state index contributed by atoms with van der Waals surface area (Å²) in [7, 11) is 0. The fourth-order valence-corrected chi connectivity index (χ4v) is 4.21. The van der Waals surface area contributed by atoms with Gasteiger partial charge < -0.3 is 15.3 Å². The highest BCUT2D eigenvalue weighted by Gasteiger charge is 2.42. The number of benzene rings is 2. The van der Waals surface area contributed by atoms with Crippen molar-refractivity contribution in [2.24, 2.45) is 11.8 Å². The zero-order valence-electron chi connectivity index (χ0n) is 13.6. The van der Waals surface area contributed by atoms with Gasteiger partial charge in [0.1, 0.15) is 5.75 Å². The Bertz CT molecular complexity index is 700. The number of hydrogen-bond donors (Lipinski definition) is 2. The van der Waals surface area contributed by atoms with Crippen LogP contribution in [0.1, 0.15) is 24.3 Å². The molecule has 124 valence electrons. The van der Waals surface area contributed by atoms with Gasteiger partial charge in [-0.1, -0.05) is 30.3 Å². The predicted octanol–water partition coefficient (Wildman–Crippen LogP) is 4.05. The van der Waals surface area contributed by atoms with Gasteiger partial charge >= 0.3 is 6.03 Å². The summed E-state index contributed by atoms with van der Waals surface area (Å²) >= 11 is 0. The number of fused-ring (bicyclic) bond motifs is 1. The Morgan fingerprint density at radius 3 is 2.21 bits per heavy atom. The van der Waals surface area contributed by atoms with E-state index in [2.05, 4.69) is 35.6 Å². The van der Waals surface area contributed by atoms with Gasteiger partial charge in [0.15, 0.2) is 0 Å². The van der Waals surface area contributed by atoms with Gasteiger partial charge in [-0.05, 0) is 60.4 Å². The topological polar surface area (TPSA) is 52.6 Å². The molecule has 0 spiro atoms. The van der Waals surface area contributed by atoms with E-state index >= 15 is 0 Å². The molecule has 1 saturated heterocycles. The number of phenolic OH excluding ortho intramolecular Hbond substituents is 1. The SMILES string of the molecule is O=C(Nc1ccc(O)cc1)N1C[C@H]2CC(c3ccccc3)C[C@H]2C1. The average molecular weight is 322 g/mol. The first-order chi connectivity index (χ1) is 11.7. The zero-order valence-corrected chi connectivity index (χ0v) is 13.6. The van der Waals surface area contributed by atoms with Crippen molar-refractivity contribution in [2.75, 3.05) is 18.4 Å². The first-order valence-electron chi connectivity index (χ1n) is 8.59. The van der Waals surface area contributed by atoms with Crippen molar-refractivity contribution in [3.63, 3.8) is 0 Å². The quantitative estimate of drug-likeness (QED) is 0.820. The number of aromatic hydroxyl groups is 1. The summed E-state index contributed by atoms with van der Waals surface area (Å²) in [4.78, 5) is 14.4. The molecule has 2 fully saturated rings. The van der Waals surface area contributed by atoms with Crippen LogP contribution < -0.4 is 5.32 Å². The third kappa shape index (κ3) is 2.96. The Balaban J connectivity index is 1.35. The second kappa shape index (κ2) is 6.19. The number of amides is 2. The fraction of sp³-hybridized carbons (Fsp3) is 0.350. The standard InChI is InChI=1S/C20H22N2O2/c23-19-8-6-18(7-9-19)21-20(24)22-12-16-10-15(11-17(16)13-22)14-4-2-1-3-5-14/h1-9,15-17,23H,10-13H2,(H,21,24)/t15?,16-,17+. The molecule has 1 unspecified atom stereocenters. The molecule has 2 amide bonds. The van der Waals surface area contributed by atoms with E-state index in [-0.39, 0.29) is 11.8 Å². The lowest BCUT2D eigenvalue weighted by Crippen LogP contribution is -2.33. The van der Waals surface area contributed by atoms with Crippen LogP contribution in [-0.2, 0) is 0 Å². The predicted molar refractivity (Wildman–Crippen MR) is 94.1 cm³/mol. The maximum Gasteiger partial charge on any atom is 0.321 e. The van der Waals surface area contributed by atoms with E-state index in [1.165, 1.54) is 18.4 Å². The Hall–Kier alpha value is -2.49. The molecule has 1 saturated carbocycles. The number of nitrogens with one attached hydrogen (secondary N) is 1. The molecule has 2 aromatic rings. The highest BCUT2D eigenvalue weighted by Crippen LogP contribution is 2.46. The van der Waals surface area contributed by atoms with E-state index in [0.717, 1.165) is 18.8 Å².